The van der Waals surface area contributed by atoms with Crippen molar-refractivity contribution in [1.82, 2.24) is 0 Å². The van der Waals surface area contributed by atoms with Gasteiger partial charge < -0.3 is 24.0 Å². The summed E-state index contributed by atoms with van der Waals surface area (Å²) in [6.07, 6.45) is 0. The third kappa shape index (κ3) is 3.75. The Kier molecular flexibility index (Phi) is 7.43. The molecule has 0 N–H and O–H groups in total. The maximum absolute atomic E-state index is 2.39. The van der Waals surface area contributed by atoms with Crippen LogP contribution in [0.25, 0.3) is 0 Å². The molecule has 0 aliphatic heterocycles. The SMILES string of the molecule is CC(C)c1ccccc1[P+](c1ccccc1)(c1ccccc1)C(C)C.[I-]. The molecular formula is C24H28IP. The predicted octanol–water partition coefficient (Wildman–Crippen LogP) is 2.52. The molecular weight excluding hydrogens is 446 g/mol. The second-order valence-corrected chi connectivity index (χ2v) is 11.2. The lowest BCUT2D eigenvalue weighted by atomic mass is 10.0. The molecule has 0 radical (unpaired) electrons. The van der Waals surface area contributed by atoms with Crippen LogP contribution in [0.5, 0.6) is 0 Å². The molecule has 26 heavy (non-hydrogen) atoms. The minimum atomic E-state index is -1.72. The molecule has 0 saturated carbocycles. The third-order valence-corrected chi connectivity index (χ3v) is 9.98. The van der Waals surface area contributed by atoms with E-state index in [1.54, 1.807) is 0 Å². The van der Waals surface area contributed by atoms with Crippen LogP contribution in [0.3, 0.4) is 0 Å². The number of hydrogen-bond donors (Lipinski definition) is 0. The van der Waals surface area contributed by atoms with Crippen LogP contribution in [0, 0.1) is 0 Å². The van der Waals surface area contributed by atoms with Crippen LogP contribution < -0.4 is 39.9 Å². The standard InChI is InChI=1S/C24H28P.HI/c1-19(2)23-17-11-12-18-24(23)25(20(3)4,21-13-7-5-8-14-21)22-15-9-6-10-16-22;/h5-20H,1-4H3;1H/q+1;/p-1. The van der Waals surface area contributed by atoms with Crippen LogP contribution in [0.2, 0.25) is 0 Å². The molecule has 0 aromatic heterocycles. The highest BCUT2D eigenvalue weighted by atomic mass is 127. The van der Waals surface area contributed by atoms with Crippen LogP contribution in [0.4, 0.5) is 0 Å². The second-order valence-electron chi connectivity index (χ2n) is 7.20. The Hall–Kier alpha value is -1.18. The van der Waals surface area contributed by atoms with Crippen molar-refractivity contribution < 1.29 is 24.0 Å². The van der Waals surface area contributed by atoms with Gasteiger partial charge in [-0.1, -0.05) is 68.4 Å². The van der Waals surface area contributed by atoms with Crippen LogP contribution >= 0.6 is 7.26 Å². The van der Waals surface area contributed by atoms with E-state index in [0.29, 0.717) is 11.6 Å². The molecule has 2 heteroatoms. The molecule has 0 spiro atoms. The topological polar surface area (TPSA) is 0 Å². The maximum Gasteiger partial charge on any atom is 0.114 e. The molecule has 0 fully saturated rings. The quantitative estimate of drug-likeness (QED) is 0.394. The molecule has 0 aliphatic carbocycles. The molecule has 3 aromatic rings. The molecule has 0 nitrogen and oxygen atoms in total. The van der Waals surface area contributed by atoms with Crippen LogP contribution in [-0.4, -0.2) is 5.66 Å². The number of halogens is 1. The summed E-state index contributed by atoms with van der Waals surface area (Å²) < 4.78 is 0. The van der Waals surface area contributed by atoms with Crippen LogP contribution in [-0.2, 0) is 0 Å². The zero-order valence-electron chi connectivity index (χ0n) is 16.1. The first-order valence-corrected chi connectivity index (χ1v) is 11.0. The molecule has 0 bridgehead atoms. The first kappa shape index (κ1) is 21.1. The molecule has 3 aromatic carbocycles. The predicted molar refractivity (Wildman–Crippen MR) is 114 cm³/mol. The van der Waals surface area contributed by atoms with Crippen LogP contribution in [0.15, 0.2) is 84.9 Å². The van der Waals surface area contributed by atoms with Crippen molar-refractivity contribution >= 4 is 23.2 Å². The molecule has 3 rings (SSSR count). The molecule has 0 unspecified atom stereocenters. The van der Waals surface area contributed by atoms with E-state index in [1.807, 2.05) is 0 Å². The monoisotopic (exact) mass is 474 g/mol. The molecule has 0 atom stereocenters. The van der Waals surface area contributed by atoms with Gasteiger partial charge in [-0.05, 0) is 55.7 Å². The van der Waals surface area contributed by atoms with Crippen molar-refractivity contribution in [3.05, 3.63) is 90.5 Å². The smallest absolute Gasteiger partial charge is 0.114 e. The van der Waals surface area contributed by atoms with Gasteiger partial charge in [-0.2, -0.15) is 0 Å². The van der Waals surface area contributed by atoms with Gasteiger partial charge in [0.1, 0.15) is 23.2 Å². The normalized spacial score (nSPS) is 11.5. The molecule has 0 amide bonds. The zero-order chi connectivity index (χ0) is 17.9. The van der Waals surface area contributed by atoms with Gasteiger partial charge in [0.2, 0.25) is 0 Å². The first-order valence-electron chi connectivity index (χ1n) is 9.18. The zero-order valence-corrected chi connectivity index (χ0v) is 19.1. The first-order chi connectivity index (χ1) is 12.1. The fraction of sp³-hybridized carbons (Fsp3) is 0.250. The van der Waals surface area contributed by atoms with E-state index in [9.17, 15) is 0 Å². The van der Waals surface area contributed by atoms with E-state index >= 15 is 0 Å². The van der Waals surface area contributed by atoms with Gasteiger partial charge in [0, 0.05) is 0 Å². The summed E-state index contributed by atoms with van der Waals surface area (Å²) in [5.74, 6) is 0.516. The van der Waals surface area contributed by atoms with Crippen molar-refractivity contribution in [3.63, 3.8) is 0 Å². The van der Waals surface area contributed by atoms with E-state index in [-0.39, 0.29) is 24.0 Å². The van der Waals surface area contributed by atoms with Gasteiger partial charge >= 0.3 is 0 Å². The fourth-order valence-corrected chi connectivity index (χ4v) is 8.87. The maximum atomic E-state index is 2.39. The summed E-state index contributed by atoms with van der Waals surface area (Å²) in [7, 11) is -1.72. The van der Waals surface area contributed by atoms with E-state index in [0.717, 1.165) is 0 Å². The Balaban J connectivity index is 0.00000243. The lowest BCUT2D eigenvalue weighted by molar-refractivity contribution is -0.00000516. The highest BCUT2D eigenvalue weighted by molar-refractivity contribution is 7.96. The Morgan fingerprint density at radius 1 is 0.577 bits per heavy atom. The summed E-state index contributed by atoms with van der Waals surface area (Å²) >= 11 is 0. The Bertz CT molecular complexity index is 770. The summed E-state index contributed by atoms with van der Waals surface area (Å²) in [4.78, 5) is 0. The van der Waals surface area contributed by atoms with Gasteiger partial charge in [-0.25, -0.2) is 0 Å². The highest BCUT2D eigenvalue weighted by Crippen LogP contribution is 2.60. The van der Waals surface area contributed by atoms with E-state index in [4.69, 9.17) is 0 Å². The van der Waals surface area contributed by atoms with E-state index < -0.39 is 7.26 Å². The van der Waals surface area contributed by atoms with E-state index in [1.165, 1.54) is 21.5 Å². The summed E-state index contributed by atoms with van der Waals surface area (Å²) in [5, 5.41) is 4.49. The molecule has 0 heterocycles. The van der Waals surface area contributed by atoms with E-state index in [2.05, 4.69) is 113 Å². The number of hydrogen-bond acceptors (Lipinski definition) is 0. The minimum Gasteiger partial charge on any atom is -1.00 e. The van der Waals surface area contributed by atoms with Crippen molar-refractivity contribution in [1.29, 1.82) is 0 Å². The largest absolute Gasteiger partial charge is 1.00 e. The van der Waals surface area contributed by atoms with Gasteiger partial charge in [0.25, 0.3) is 0 Å². The van der Waals surface area contributed by atoms with Gasteiger partial charge in [0.05, 0.1) is 5.66 Å². The average molecular weight is 474 g/mol. The lowest BCUT2D eigenvalue weighted by Crippen LogP contribution is -3.00. The Labute approximate surface area is 176 Å². The van der Waals surface area contributed by atoms with Crippen LogP contribution in [0.1, 0.15) is 39.2 Å². The van der Waals surface area contributed by atoms with Crippen molar-refractivity contribution in [2.24, 2.45) is 0 Å². The van der Waals surface area contributed by atoms with Crippen molar-refractivity contribution in [2.75, 3.05) is 0 Å². The summed E-state index contributed by atoms with van der Waals surface area (Å²) in [6, 6.07) is 31.4. The van der Waals surface area contributed by atoms with Gasteiger partial charge in [-0.3, -0.25) is 0 Å². The number of rotatable bonds is 5. The summed E-state index contributed by atoms with van der Waals surface area (Å²) in [5.41, 5.74) is 2.02. The Morgan fingerprint density at radius 2 is 1.00 bits per heavy atom. The summed E-state index contributed by atoms with van der Waals surface area (Å²) in [6.45, 7) is 9.41. The fourth-order valence-electron chi connectivity index (χ4n) is 3.92. The van der Waals surface area contributed by atoms with Gasteiger partial charge in [-0.15, -0.1) is 0 Å². The minimum absolute atomic E-state index is 0. The number of benzene rings is 3. The second kappa shape index (κ2) is 9.15. The lowest BCUT2D eigenvalue weighted by Gasteiger charge is -2.33. The molecule has 0 saturated heterocycles. The van der Waals surface area contributed by atoms with Crippen molar-refractivity contribution in [2.45, 2.75) is 39.3 Å². The highest BCUT2D eigenvalue weighted by Gasteiger charge is 2.49. The van der Waals surface area contributed by atoms with Crippen molar-refractivity contribution in [3.8, 4) is 0 Å². The third-order valence-electron chi connectivity index (χ3n) is 5.04. The van der Waals surface area contributed by atoms with Gasteiger partial charge in [0.15, 0.2) is 0 Å². The Morgan fingerprint density at radius 3 is 1.42 bits per heavy atom. The molecule has 136 valence electrons. The average Bonchev–Trinajstić information content (AvgIpc) is 2.64. The molecule has 0 aliphatic rings.